The second kappa shape index (κ2) is 15.1. The number of allylic oxidation sites excluding steroid dienone is 8. The number of halogens is 2. The van der Waals surface area contributed by atoms with E-state index < -0.39 is 0 Å². The van der Waals surface area contributed by atoms with Crippen molar-refractivity contribution in [3.63, 3.8) is 0 Å². The van der Waals surface area contributed by atoms with Gasteiger partial charge in [0.1, 0.15) is 0 Å². The Morgan fingerprint density at radius 2 is 0.769 bits per heavy atom. The summed E-state index contributed by atoms with van der Waals surface area (Å²) in [6.07, 6.45) is 19.0. The summed E-state index contributed by atoms with van der Waals surface area (Å²) in [5.41, 5.74) is 0. The van der Waals surface area contributed by atoms with Crippen molar-refractivity contribution in [3.05, 3.63) is 48.6 Å². The summed E-state index contributed by atoms with van der Waals surface area (Å²) >= 11 is 0. The molecule has 0 spiro atoms. The van der Waals surface area contributed by atoms with Crippen LogP contribution in [0.4, 0.5) is 0 Å². The molecule has 0 N–H and O–H groups in total. The molecule has 0 bridgehead atoms. The largest absolute Gasteiger partial charge is 2.00 e. The molecule has 2 aliphatic carbocycles. The molecular formula is C10H12Br2Ti. The second-order valence-corrected chi connectivity index (χ2v) is 2.18. The Hall–Kier alpha value is 0.634. The van der Waals surface area contributed by atoms with Gasteiger partial charge in [0, 0.05) is 0 Å². The van der Waals surface area contributed by atoms with Crippen LogP contribution in [0.1, 0.15) is 12.8 Å². The first-order valence-corrected chi connectivity index (χ1v) is 3.63. The fraction of sp³-hybridized carbons (Fsp3) is 0.200. The van der Waals surface area contributed by atoms with Gasteiger partial charge < -0.3 is 34.0 Å². The summed E-state index contributed by atoms with van der Waals surface area (Å²) in [6, 6.07) is 0. The molecule has 0 radical (unpaired) electrons. The average molecular weight is 340 g/mol. The molecule has 0 aromatic heterocycles. The van der Waals surface area contributed by atoms with Crippen LogP contribution in [0.15, 0.2) is 48.6 Å². The summed E-state index contributed by atoms with van der Waals surface area (Å²) in [5, 5.41) is 0. The molecule has 0 amide bonds. The standard InChI is InChI=1S/2C5H6.2BrH.Ti/c2*1-2-4-5-3-1;;;/h2*1-4H,5H2;2*1H;/q;;;;+2/p-2. The Kier molecular flexibility index (Phi) is 22.4. The van der Waals surface area contributed by atoms with Crippen molar-refractivity contribution in [2.75, 3.05) is 0 Å². The van der Waals surface area contributed by atoms with Crippen LogP contribution in [0.25, 0.3) is 0 Å². The van der Waals surface area contributed by atoms with E-state index in [2.05, 4.69) is 48.6 Å². The van der Waals surface area contributed by atoms with Crippen molar-refractivity contribution in [2.45, 2.75) is 12.8 Å². The predicted molar refractivity (Wildman–Crippen MR) is 45.8 cm³/mol. The topological polar surface area (TPSA) is 0 Å². The van der Waals surface area contributed by atoms with Gasteiger partial charge in [0.05, 0.1) is 0 Å². The van der Waals surface area contributed by atoms with Gasteiger partial charge in [-0.25, -0.2) is 0 Å². The molecule has 0 saturated heterocycles. The molecule has 0 nitrogen and oxygen atoms in total. The van der Waals surface area contributed by atoms with Crippen LogP contribution in [0.3, 0.4) is 0 Å². The third kappa shape index (κ3) is 12.6. The molecule has 70 valence electrons. The number of hydrogen-bond acceptors (Lipinski definition) is 0. The summed E-state index contributed by atoms with van der Waals surface area (Å²) in [7, 11) is 0. The van der Waals surface area contributed by atoms with Crippen LogP contribution >= 0.6 is 0 Å². The van der Waals surface area contributed by atoms with E-state index in [1.807, 2.05) is 0 Å². The molecule has 0 heterocycles. The monoisotopic (exact) mass is 338 g/mol. The number of hydrogen-bond donors (Lipinski definition) is 0. The van der Waals surface area contributed by atoms with Gasteiger partial charge in [-0.15, -0.1) is 0 Å². The predicted octanol–water partition coefficient (Wildman–Crippen LogP) is -2.99. The zero-order chi connectivity index (χ0) is 7.07. The Bertz CT molecular complexity index is 151. The van der Waals surface area contributed by atoms with Crippen LogP contribution in [0.2, 0.25) is 0 Å². The van der Waals surface area contributed by atoms with E-state index in [4.69, 9.17) is 0 Å². The first-order chi connectivity index (χ1) is 5.00. The molecule has 0 fully saturated rings. The van der Waals surface area contributed by atoms with Crippen LogP contribution in [0.5, 0.6) is 0 Å². The molecule has 2 aliphatic rings. The molecule has 3 heteroatoms. The first kappa shape index (κ1) is 19.2. The Morgan fingerprint density at radius 3 is 0.846 bits per heavy atom. The summed E-state index contributed by atoms with van der Waals surface area (Å²) in [4.78, 5) is 0. The molecule has 0 aliphatic heterocycles. The Morgan fingerprint density at radius 1 is 0.538 bits per heavy atom. The summed E-state index contributed by atoms with van der Waals surface area (Å²) in [5.74, 6) is 0. The van der Waals surface area contributed by atoms with Crippen molar-refractivity contribution >= 4 is 0 Å². The van der Waals surface area contributed by atoms with Crippen molar-refractivity contribution < 1.29 is 55.7 Å². The smallest absolute Gasteiger partial charge is 1.00 e. The van der Waals surface area contributed by atoms with Gasteiger partial charge in [-0.1, -0.05) is 48.6 Å². The van der Waals surface area contributed by atoms with E-state index in [-0.39, 0.29) is 55.7 Å². The van der Waals surface area contributed by atoms with Gasteiger partial charge in [0.15, 0.2) is 0 Å². The fourth-order valence-electron chi connectivity index (χ4n) is 0.786. The zero-order valence-electron chi connectivity index (χ0n) is 7.29. The maximum absolute atomic E-state index is 2.12. The van der Waals surface area contributed by atoms with E-state index in [0.29, 0.717) is 0 Å². The maximum Gasteiger partial charge on any atom is 2.00 e. The summed E-state index contributed by atoms with van der Waals surface area (Å²) < 4.78 is 0. The van der Waals surface area contributed by atoms with Gasteiger partial charge in [-0.2, -0.15) is 0 Å². The summed E-state index contributed by atoms with van der Waals surface area (Å²) in [6.45, 7) is 0. The zero-order valence-corrected chi connectivity index (χ0v) is 12.0. The molecular weight excluding hydrogens is 328 g/mol. The maximum atomic E-state index is 2.12. The molecule has 13 heavy (non-hydrogen) atoms. The van der Waals surface area contributed by atoms with Gasteiger partial charge in [0.2, 0.25) is 0 Å². The average Bonchev–Trinajstić information content (AvgIpc) is 2.67. The van der Waals surface area contributed by atoms with E-state index in [0.717, 1.165) is 12.8 Å². The van der Waals surface area contributed by atoms with Crippen molar-refractivity contribution in [1.82, 2.24) is 0 Å². The van der Waals surface area contributed by atoms with Gasteiger partial charge in [-0.05, 0) is 12.8 Å². The molecule has 0 unspecified atom stereocenters. The fourth-order valence-corrected chi connectivity index (χ4v) is 0.786. The minimum absolute atomic E-state index is 0. The van der Waals surface area contributed by atoms with Gasteiger partial charge >= 0.3 is 21.7 Å². The third-order valence-electron chi connectivity index (χ3n) is 1.31. The van der Waals surface area contributed by atoms with Crippen LogP contribution in [-0.2, 0) is 21.7 Å². The first-order valence-electron chi connectivity index (χ1n) is 3.63. The number of rotatable bonds is 0. The third-order valence-corrected chi connectivity index (χ3v) is 1.31. The minimum Gasteiger partial charge on any atom is -1.00 e. The van der Waals surface area contributed by atoms with Crippen LogP contribution < -0.4 is 34.0 Å². The molecule has 0 aromatic rings. The second-order valence-electron chi connectivity index (χ2n) is 2.18. The Labute approximate surface area is 116 Å². The Balaban J connectivity index is -0.000000125. The minimum atomic E-state index is 0. The van der Waals surface area contributed by atoms with Crippen LogP contribution in [0, 0.1) is 0 Å². The molecule has 2 rings (SSSR count). The quantitative estimate of drug-likeness (QED) is 0.413. The van der Waals surface area contributed by atoms with E-state index >= 15 is 0 Å². The molecule has 0 saturated carbocycles. The van der Waals surface area contributed by atoms with Crippen LogP contribution in [-0.4, -0.2) is 0 Å². The van der Waals surface area contributed by atoms with E-state index in [9.17, 15) is 0 Å². The van der Waals surface area contributed by atoms with Crippen molar-refractivity contribution in [1.29, 1.82) is 0 Å². The SMILES string of the molecule is C1=CCC=C1.C1=CCC=C1.[Br-].[Br-].[Ti+2]. The normalized spacial score (nSPS) is 13.5. The van der Waals surface area contributed by atoms with E-state index in [1.54, 1.807) is 0 Å². The van der Waals surface area contributed by atoms with Crippen molar-refractivity contribution in [2.24, 2.45) is 0 Å². The van der Waals surface area contributed by atoms with Crippen molar-refractivity contribution in [3.8, 4) is 0 Å². The molecule has 0 atom stereocenters. The van der Waals surface area contributed by atoms with E-state index in [1.165, 1.54) is 0 Å². The van der Waals surface area contributed by atoms with Gasteiger partial charge in [-0.3, -0.25) is 0 Å². The van der Waals surface area contributed by atoms with Gasteiger partial charge in [0.25, 0.3) is 0 Å². The molecule has 0 aromatic carbocycles.